The highest BCUT2D eigenvalue weighted by Crippen LogP contribution is 2.26. The predicted octanol–water partition coefficient (Wildman–Crippen LogP) is 1.96. The zero-order valence-corrected chi connectivity index (χ0v) is 9.62. The van der Waals surface area contributed by atoms with Crippen molar-refractivity contribution < 1.29 is 23.8 Å². The standard InChI is InChI=1S/C12H11NO5/c1-16-9-4-2-3-5-10(9)17-7-11-13-8(6-18-11)12(14)15/h2-6H,7H2,1H3,(H,14,15). The summed E-state index contributed by atoms with van der Waals surface area (Å²) in [4.78, 5) is 14.4. The maximum absolute atomic E-state index is 10.6. The first kappa shape index (κ1) is 12.0. The van der Waals surface area contributed by atoms with E-state index in [2.05, 4.69) is 4.98 Å². The Morgan fingerprint density at radius 2 is 2.11 bits per heavy atom. The van der Waals surface area contributed by atoms with E-state index in [9.17, 15) is 4.79 Å². The molecular weight excluding hydrogens is 238 g/mol. The molecule has 0 saturated carbocycles. The van der Waals surface area contributed by atoms with Crippen molar-refractivity contribution in [3.63, 3.8) is 0 Å². The minimum absolute atomic E-state index is 0.0354. The highest BCUT2D eigenvalue weighted by molar-refractivity contribution is 5.84. The first-order chi connectivity index (χ1) is 8.70. The molecule has 0 unspecified atom stereocenters. The molecule has 0 spiro atoms. The van der Waals surface area contributed by atoms with Crippen LogP contribution in [0.3, 0.4) is 0 Å². The lowest BCUT2D eigenvalue weighted by atomic mass is 10.3. The number of aromatic nitrogens is 1. The first-order valence-corrected chi connectivity index (χ1v) is 5.14. The zero-order chi connectivity index (χ0) is 13.0. The van der Waals surface area contributed by atoms with Crippen LogP contribution in [0.1, 0.15) is 16.4 Å². The van der Waals surface area contributed by atoms with Crippen molar-refractivity contribution in [2.75, 3.05) is 7.11 Å². The minimum Gasteiger partial charge on any atom is -0.493 e. The molecule has 0 bridgehead atoms. The summed E-state index contributed by atoms with van der Waals surface area (Å²) < 4.78 is 15.5. The van der Waals surface area contributed by atoms with Crippen molar-refractivity contribution in [2.24, 2.45) is 0 Å². The number of methoxy groups -OCH3 is 1. The Morgan fingerprint density at radius 1 is 1.39 bits per heavy atom. The van der Waals surface area contributed by atoms with Crippen LogP contribution >= 0.6 is 0 Å². The van der Waals surface area contributed by atoms with Crippen molar-refractivity contribution >= 4 is 5.97 Å². The van der Waals surface area contributed by atoms with Crippen molar-refractivity contribution in [2.45, 2.75) is 6.61 Å². The van der Waals surface area contributed by atoms with Gasteiger partial charge in [0.1, 0.15) is 6.26 Å². The first-order valence-electron chi connectivity index (χ1n) is 5.14. The predicted molar refractivity (Wildman–Crippen MR) is 60.8 cm³/mol. The summed E-state index contributed by atoms with van der Waals surface area (Å²) in [5.74, 6) is 0.179. The van der Waals surface area contributed by atoms with Gasteiger partial charge in [-0.05, 0) is 12.1 Å². The van der Waals surface area contributed by atoms with Crippen molar-refractivity contribution in [1.82, 2.24) is 4.98 Å². The zero-order valence-electron chi connectivity index (χ0n) is 9.62. The van der Waals surface area contributed by atoms with Gasteiger partial charge in [-0.15, -0.1) is 0 Å². The summed E-state index contributed by atoms with van der Waals surface area (Å²) >= 11 is 0. The van der Waals surface area contributed by atoms with Gasteiger partial charge in [0.15, 0.2) is 23.8 Å². The quantitative estimate of drug-likeness (QED) is 0.872. The third-order valence-electron chi connectivity index (χ3n) is 2.19. The van der Waals surface area contributed by atoms with E-state index in [1.807, 2.05) is 6.07 Å². The van der Waals surface area contributed by atoms with Gasteiger partial charge >= 0.3 is 5.97 Å². The molecular formula is C12H11NO5. The van der Waals surface area contributed by atoms with Gasteiger partial charge in [0.25, 0.3) is 0 Å². The average Bonchev–Trinajstić information content (AvgIpc) is 2.85. The molecule has 0 amide bonds. The number of ether oxygens (including phenoxy) is 2. The molecule has 0 atom stereocenters. The van der Waals surface area contributed by atoms with E-state index < -0.39 is 5.97 Å². The molecule has 2 rings (SSSR count). The Kier molecular flexibility index (Phi) is 3.47. The van der Waals surface area contributed by atoms with Gasteiger partial charge in [0.2, 0.25) is 5.89 Å². The number of carboxylic acid groups (broad SMARTS) is 1. The maximum atomic E-state index is 10.6. The summed E-state index contributed by atoms with van der Waals surface area (Å²) in [5, 5.41) is 8.68. The maximum Gasteiger partial charge on any atom is 0.357 e. The number of benzene rings is 1. The summed E-state index contributed by atoms with van der Waals surface area (Å²) in [6.45, 7) is 0.0354. The van der Waals surface area contributed by atoms with Crippen molar-refractivity contribution in [3.8, 4) is 11.5 Å². The third-order valence-corrected chi connectivity index (χ3v) is 2.19. The number of carbonyl (C=O) groups is 1. The lowest BCUT2D eigenvalue weighted by Crippen LogP contribution is -2.00. The van der Waals surface area contributed by atoms with Gasteiger partial charge in [0, 0.05) is 0 Å². The van der Waals surface area contributed by atoms with Crippen LogP contribution in [0.25, 0.3) is 0 Å². The second kappa shape index (κ2) is 5.22. The van der Waals surface area contributed by atoms with Crippen LogP contribution in [0.2, 0.25) is 0 Å². The summed E-state index contributed by atoms with van der Waals surface area (Å²) in [6, 6.07) is 7.11. The number of oxazole rings is 1. The van der Waals surface area contributed by atoms with E-state index in [1.165, 1.54) is 7.11 Å². The molecule has 0 fully saturated rings. The van der Waals surface area contributed by atoms with Gasteiger partial charge in [-0.3, -0.25) is 0 Å². The fourth-order valence-electron chi connectivity index (χ4n) is 1.35. The lowest BCUT2D eigenvalue weighted by molar-refractivity contribution is 0.0690. The highest BCUT2D eigenvalue weighted by Gasteiger charge is 2.11. The Bertz CT molecular complexity index is 549. The molecule has 2 aromatic rings. The number of hydrogen-bond acceptors (Lipinski definition) is 5. The number of hydrogen-bond donors (Lipinski definition) is 1. The second-order valence-electron chi connectivity index (χ2n) is 3.37. The van der Waals surface area contributed by atoms with Crippen LogP contribution < -0.4 is 9.47 Å². The van der Waals surface area contributed by atoms with Crippen molar-refractivity contribution in [3.05, 3.63) is 42.1 Å². The number of rotatable bonds is 5. The number of para-hydroxylation sites is 2. The molecule has 0 aliphatic carbocycles. The largest absolute Gasteiger partial charge is 0.493 e. The van der Waals surface area contributed by atoms with Gasteiger partial charge in [0.05, 0.1) is 7.11 Å². The summed E-state index contributed by atoms with van der Waals surface area (Å²) in [5.41, 5.74) is -0.145. The molecule has 1 aromatic heterocycles. The topological polar surface area (TPSA) is 81.8 Å². The smallest absolute Gasteiger partial charge is 0.357 e. The minimum atomic E-state index is -1.14. The van der Waals surface area contributed by atoms with E-state index in [0.29, 0.717) is 11.5 Å². The molecule has 0 saturated heterocycles. The van der Waals surface area contributed by atoms with E-state index in [4.69, 9.17) is 19.0 Å². The number of nitrogens with zero attached hydrogens (tertiary/aromatic N) is 1. The van der Waals surface area contributed by atoms with Crippen LogP contribution in [-0.4, -0.2) is 23.2 Å². The van der Waals surface area contributed by atoms with Crippen LogP contribution in [0.4, 0.5) is 0 Å². The van der Waals surface area contributed by atoms with Gasteiger partial charge in [-0.25, -0.2) is 9.78 Å². The summed E-state index contributed by atoms with van der Waals surface area (Å²) in [7, 11) is 1.54. The normalized spacial score (nSPS) is 10.1. The Morgan fingerprint density at radius 3 is 2.72 bits per heavy atom. The highest BCUT2D eigenvalue weighted by atomic mass is 16.5. The number of aromatic carboxylic acids is 1. The SMILES string of the molecule is COc1ccccc1OCc1nc(C(=O)O)co1. The third kappa shape index (κ3) is 2.60. The molecule has 6 heteroatoms. The fourth-order valence-corrected chi connectivity index (χ4v) is 1.35. The van der Waals surface area contributed by atoms with Crippen LogP contribution in [0, 0.1) is 0 Å². The molecule has 18 heavy (non-hydrogen) atoms. The Balaban J connectivity index is 2.04. The lowest BCUT2D eigenvalue weighted by Gasteiger charge is -2.08. The molecule has 0 aliphatic rings. The molecule has 6 nitrogen and oxygen atoms in total. The molecule has 1 heterocycles. The molecule has 94 valence electrons. The van der Waals surface area contributed by atoms with E-state index >= 15 is 0 Å². The summed E-state index contributed by atoms with van der Waals surface area (Å²) in [6.07, 6.45) is 1.07. The van der Waals surface area contributed by atoms with E-state index in [1.54, 1.807) is 18.2 Å². The monoisotopic (exact) mass is 249 g/mol. The molecule has 1 aromatic carbocycles. The Hall–Kier alpha value is -2.50. The van der Waals surface area contributed by atoms with Crippen LogP contribution in [-0.2, 0) is 6.61 Å². The second-order valence-corrected chi connectivity index (χ2v) is 3.37. The van der Waals surface area contributed by atoms with E-state index in [-0.39, 0.29) is 18.2 Å². The van der Waals surface area contributed by atoms with E-state index in [0.717, 1.165) is 6.26 Å². The van der Waals surface area contributed by atoms with Gasteiger partial charge in [-0.2, -0.15) is 0 Å². The van der Waals surface area contributed by atoms with Crippen molar-refractivity contribution in [1.29, 1.82) is 0 Å². The van der Waals surface area contributed by atoms with Crippen LogP contribution in [0.15, 0.2) is 34.9 Å². The average molecular weight is 249 g/mol. The van der Waals surface area contributed by atoms with Gasteiger partial charge in [-0.1, -0.05) is 12.1 Å². The molecule has 1 N–H and O–H groups in total. The number of carboxylic acids is 1. The Labute approximate surface area is 103 Å². The molecule has 0 radical (unpaired) electrons. The van der Waals surface area contributed by atoms with Gasteiger partial charge < -0.3 is 19.0 Å². The van der Waals surface area contributed by atoms with Crippen LogP contribution in [0.5, 0.6) is 11.5 Å². The fraction of sp³-hybridized carbons (Fsp3) is 0.167. The molecule has 0 aliphatic heterocycles.